The second kappa shape index (κ2) is 47.5. The van der Waals surface area contributed by atoms with E-state index >= 15 is 0 Å². The van der Waals surface area contributed by atoms with Gasteiger partial charge in [0.05, 0.1) is 0 Å². The number of carbonyl (C=O) groups is 3. The molecule has 0 spiro atoms. The Morgan fingerprint density at radius 3 is 0.831 bits per heavy atom. The fourth-order valence-electron chi connectivity index (χ4n) is 8.04. The predicted molar refractivity (Wildman–Crippen MR) is 252 cm³/mol. The molecule has 6 nitrogen and oxygen atoms in total. The van der Waals surface area contributed by atoms with Gasteiger partial charge in [0.1, 0.15) is 13.2 Å². The van der Waals surface area contributed by atoms with E-state index in [2.05, 4.69) is 27.7 Å². The molecule has 0 aliphatic heterocycles. The minimum absolute atomic E-state index is 0.0631. The highest BCUT2D eigenvalue weighted by molar-refractivity contribution is 5.71. The molecule has 0 aromatic rings. The van der Waals surface area contributed by atoms with Gasteiger partial charge in [-0.05, 0) is 25.2 Å². The Balaban J connectivity index is 4.28. The van der Waals surface area contributed by atoms with Crippen LogP contribution < -0.4 is 0 Å². The van der Waals surface area contributed by atoms with Gasteiger partial charge in [0.2, 0.25) is 0 Å². The van der Waals surface area contributed by atoms with Crippen molar-refractivity contribution in [3.8, 4) is 0 Å². The summed E-state index contributed by atoms with van der Waals surface area (Å²) in [6.07, 6.45) is 49.5. The van der Waals surface area contributed by atoms with Crippen LogP contribution >= 0.6 is 0 Å². The molecule has 0 saturated heterocycles. The zero-order valence-corrected chi connectivity index (χ0v) is 40.2. The Hall–Kier alpha value is -1.59. The Morgan fingerprint density at radius 2 is 0.559 bits per heavy atom. The maximum Gasteiger partial charge on any atom is 0.306 e. The third-order valence-corrected chi connectivity index (χ3v) is 12.0. The van der Waals surface area contributed by atoms with E-state index in [1.165, 1.54) is 193 Å². The normalized spacial score (nSPS) is 11.9. The monoisotopic (exact) mass is 835 g/mol. The fraction of sp³-hybridized carbons (Fsp3) is 0.943. The van der Waals surface area contributed by atoms with Gasteiger partial charge in [-0.1, -0.05) is 259 Å². The molecular formula is C53H102O6. The minimum Gasteiger partial charge on any atom is -0.462 e. The maximum absolute atomic E-state index is 12.8. The summed E-state index contributed by atoms with van der Waals surface area (Å²) in [7, 11) is 0. The lowest BCUT2D eigenvalue weighted by Crippen LogP contribution is -2.30. The standard InChI is InChI=1S/C53H102O6/c1-5-7-9-11-13-15-17-19-21-23-25-27-29-33-38-42-46-53(56)59-50(48-58-52(55)45-41-37-34-30-31-35-39-43-49(3)4)47-57-51(54)44-40-36-32-28-26-24-22-20-18-16-14-12-10-8-6-2/h49-50H,5-48H2,1-4H3/t50-/m1/s1. The van der Waals surface area contributed by atoms with E-state index < -0.39 is 6.10 Å². The number of ether oxygens (including phenoxy) is 3. The van der Waals surface area contributed by atoms with E-state index in [0.29, 0.717) is 19.3 Å². The molecule has 0 fully saturated rings. The fourth-order valence-corrected chi connectivity index (χ4v) is 8.04. The number of unbranched alkanes of at least 4 members (excludes halogenated alkanes) is 35. The molecule has 0 amide bonds. The molecule has 0 aliphatic carbocycles. The zero-order valence-electron chi connectivity index (χ0n) is 40.2. The van der Waals surface area contributed by atoms with Crippen LogP contribution in [0.25, 0.3) is 0 Å². The van der Waals surface area contributed by atoms with Crippen LogP contribution in [-0.4, -0.2) is 37.2 Å². The van der Waals surface area contributed by atoms with Crippen molar-refractivity contribution in [3.05, 3.63) is 0 Å². The van der Waals surface area contributed by atoms with Crippen molar-refractivity contribution in [1.29, 1.82) is 0 Å². The highest BCUT2D eigenvalue weighted by atomic mass is 16.6. The first-order valence-corrected chi connectivity index (χ1v) is 26.4. The Labute approximate surface area is 368 Å². The molecular weight excluding hydrogens is 733 g/mol. The van der Waals surface area contributed by atoms with Gasteiger partial charge < -0.3 is 14.2 Å². The van der Waals surface area contributed by atoms with Crippen molar-refractivity contribution < 1.29 is 28.6 Å². The summed E-state index contributed by atoms with van der Waals surface area (Å²) in [5.41, 5.74) is 0. The number of carbonyl (C=O) groups excluding carboxylic acids is 3. The quantitative estimate of drug-likeness (QED) is 0.0345. The smallest absolute Gasteiger partial charge is 0.306 e. The number of hydrogen-bond acceptors (Lipinski definition) is 6. The summed E-state index contributed by atoms with van der Waals surface area (Å²) in [5.74, 6) is -0.0641. The van der Waals surface area contributed by atoms with E-state index in [1.54, 1.807) is 0 Å². The summed E-state index contributed by atoms with van der Waals surface area (Å²) < 4.78 is 16.8. The van der Waals surface area contributed by atoms with Crippen LogP contribution in [0.5, 0.6) is 0 Å². The second-order valence-electron chi connectivity index (χ2n) is 18.6. The van der Waals surface area contributed by atoms with Gasteiger partial charge in [-0.3, -0.25) is 14.4 Å². The molecule has 0 radical (unpaired) electrons. The molecule has 0 heterocycles. The van der Waals surface area contributed by atoms with Crippen molar-refractivity contribution in [2.75, 3.05) is 13.2 Å². The van der Waals surface area contributed by atoms with Gasteiger partial charge >= 0.3 is 17.9 Å². The maximum atomic E-state index is 12.8. The SMILES string of the molecule is CCCCCCCCCCCCCCCCCCC(=O)O[C@H](COC(=O)CCCCCCCCCCCCCCCCC)COC(=O)CCCCCCCCCC(C)C. The molecule has 0 bridgehead atoms. The van der Waals surface area contributed by atoms with Crippen molar-refractivity contribution in [3.63, 3.8) is 0 Å². The van der Waals surface area contributed by atoms with Gasteiger partial charge in [0, 0.05) is 19.3 Å². The Bertz CT molecular complexity index is 887. The van der Waals surface area contributed by atoms with E-state index in [-0.39, 0.29) is 31.1 Å². The van der Waals surface area contributed by atoms with Crippen LogP contribution in [0.3, 0.4) is 0 Å². The lowest BCUT2D eigenvalue weighted by Gasteiger charge is -2.18. The first kappa shape index (κ1) is 57.4. The van der Waals surface area contributed by atoms with Crippen LogP contribution in [-0.2, 0) is 28.6 Å². The van der Waals surface area contributed by atoms with Crippen LogP contribution in [0.4, 0.5) is 0 Å². The lowest BCUT2D eigenvalue weighted by molar-refractivity contribution is -0.167. The van der Waals surface area contributed by atoms with Crippen LogP contribution in [0.1, 0.15) is 297 Å². The van der Waals surface area contributed by atoms with Gasteiger partial charge in [-0.15, -0.1) is 0 Å². The highest BCUT2D eigenvalue weighted by Crippen LogP contribution is 2.17. The largest absolute Gasteiger partial charge is 0.462 e. The number of esters is 3. The Kier molecular flexibility index (Phi) is 46.2. The van der Waals surface area contributed by atoms with E-state index in [0.717, 1.165) is 63.7 Å². The van der Waals surface area contributed by atoms with Crippen LogP contribution in [0.2, 0.25) is 0 Å². The van der Waals surface area contributed by atoms with E-state index in [1.807, 2.05) is 0 Å². The van der Waals surface area contributed by atoms with Gasteiger partial charge in [-0.25, -0.2) is 0 Å². The Morgan fingerprint density at radius 1 is 0.322 bits per heavy atom. The molecule has 0 rings (SSSR count). The van der Waals surface area contributed by atoms with E-state index in [9.17, 15) is 14.4 Å². The summed E-state index contributed by atoms with van der Waals surface area (Å²) >= 11 is 0. The molecule has 59 heavy (non-hydrogen) atoms. The second-order valence-corrected chi connectivity index (χ2v) is 18.6. The highest BCUT2D eigenvalue weighted by Gasteiger charge is 2.19. The predicted octanol–water partition coefficient (Wildman–Crippen LogP) is 17.1. The van der Waals surface area contributed by atoms with Crippen molar-refractivity contribution in [2.24, 2.45) is 5.92 Å². The van der Waals surface area contributed by atoms with Gasteiger partial charge in [0.15, 0.2) is 6.10 Å². The van der Waals surface area contributed by atoms with Gasteiger partial charge in [0.25, 0.3) is 0 Å². The first-order valence-electron chi connectivity index (χ1n) is 26.4. The third-order valence-electron chi connectivity index (χ3n) is 12.0. The van der Waals surface area contributed by atoms with Gasteiger partial charge in [-0.2, -0.15) is 0 Å². The summed E-state index contributed by atoms with van der Waals surface area (Å²) in [6, 6.07) is 0. The number of hydrogen-bond donors (Lipinski definition) is 0. The average Bonchev–Trinajstić information content (AvgIpc) is 3.22. The molecule has 0 aliphatic rings. The first-order chi connectivity index (χ1) is 28.9. The molecule has 0 saturated carbocycles. The summed E-state index contributed by atoms with van der Waals surface area (Å²) in [6.45, 7) is 8.99. The minimum atomic E-state index is -0.761. The van der Waals surface area contributed by atoms with Crippen molar-refractivity contribution in [1.82, 2.24) is 0 Å². The molecule has 0 N–H and O–H groups in total. The number of rotatable bonds is 48. The summed E-state index contributed by atoms with van der Waals surface area (Å²) in [5, 5.41) is 0. The molecule has 6 heteroatoms. The molecule has 0 aromatic heterocycles. The summed E-state index contributed by atoms with van der Waals surface area (Å²) in [4.78, 5) is 37.9. The van der Waals surface area contributed by atoms with E-state index in [4.69, 9.17) is 14.2 Å². The van der Waals surface area contributed by atoms with Crippen LogP contribution in [0, 0.1) is 5.92 Å². The zero-order chi connectivity index (χ0) is 43.1. The van der Waals surface area contributed by atoms with Crippen molar-refractivity contribution in [2.45, 2.75) is 303 Å². The molecule has 0 unspecified atom stereocenters. The third kappa shape index (κ3) is 47.3. The molecule has 1 atom stereocenters. The molecule has 350 valence electrons. The lowest BCUT2D eigenvalue weighted by atomic mass is 10.0. The van der Waals surface area contributed by atoms with Crippen LogP contribution in [0.15, 0.2) is 0 Å². The van der Waals surface area contributed by atoms with Crippen molar-refractivity contribution >= 4 is 17.9 Å². The topological polar surface area (TPSA) is 78.9 Å². The average molecular weight is 835 g/mol. The molecule has 0 aromatic carbocycles.